The first kappa shape index (κ1) is 14.4. The molecule has 0 spiro atoms. The number of nitrogens with zero attached hydrogens (tertiary/aromatic N) is 3. The number of carbonyl (C=O) groups is 1. The van der Waals surface area contributed by atoms with Crippen molar-refractivity contribution in [2.45, 2.75) is 25.7 Å². The Bertz CT molecular complexity index is 707. The summed E-state index contributed by atoms with van der Waals surface area (Å²) < 4.78 is 0. The largest absolute Gasteiger partial charge is 0.313 e. The van der Waals surface area contributed by atoms with Gasteiger partial charge in [-0.2, -0.15) is 0 Å². The fraction of sp³-hybridized carbons (Fsp3) is 0.375. The number of amides is 1. The number of benzene rings is 1. The number of hydrogen-bond donors (Lipinski definition) is 0. The van der Waals surface area contributed by atoms with Crippen LogP contribution in [0.1, 0.15) is 31.2 Å². The Morgan fingerprint density at radius 1 is 1.32 bits per heavy atom. The van der Waals surface area contributed by atoms with Gasteiger partial charge in [-0.15, -0.1) is 0 Å². The Labute approximate surface area is 128 Å². The summed E-state index contributed by atoms with van der Waals surface area (Å²) in [4.78, 5) is 28.7. The van der Waals surface area contributed by atoms with E-state index in [2.05, 4.69) is 11.1 Å². The van der Waals surface area contributed by atoms with Crippen LogP contribution in [0.15, 0.2) is 34.8 Å². The summed E-state index contributed by atoms with van der Waals surface area (Å²) in [5.74, 6) is -0.110. The highest BCUT2D eigenvalue weighted by Gasteiger charge is 2.26. The number of nitro benzene ring substituents is 1. The number of fused-ring (bicyclic) bond motifs is 1. The van der Waals surface area contributed by atoms with Crippen LogP contribution in [-0.4, -0.2) is 30.1 Å². The van der Waals surface area contributed by atoms with Crippen LogP contribution in [0.5, 0.6) is 0 Å². The minimum absolute atomic E-state index is 0.0191. The highest BCUT2D eigenvalue weighted by molar-refractivity contribution is 6.19. The number of nitro groups is 1. The molecule has 22 heavy (non-hydrogen) atoms. The van der Waals surface area contributed by atoms with E-state index in [-0.39, 0.29) is 18.1 Å². The summed E-state index contributed by atoms with van der Waals surface area (Å²) in [6.45, 7) is 0.0751. The molecule has 0 aromatic heterocycles. The molecule has 6 nitrogen and oxygen atoms in total. The summed E-state index contributed by atoms with van der Waals surface area (Å²) in [6, 6.07) is 4.59. The van der Waals surface area contributed by atoms with Gasteiger partial charge in [0.15, 0.2) is 0 Å². The van der Waals surface area contributed by atoms with Crippen LogP contribution >= 0.6 is 0 Å². The summed E-state index contributed by atoms with van der Waals surface area (Å²) in [5, 5.41) is 11.1. The molecule has 0 radical (unpaired) electrons. The fourth-order valence-electron chi connectivity index (χ4n) is 2.92. The van der Waals surface area contributed by atoms with E-state index in [1.807, 2.05) is 0 Å². The summed E-state index contributed by atoms with van der Waals surface area (Å²) >= 11 is 0. The number of benzodiazepines with no additional fused rings is 1. The maximum atomic E-state index is 12.1. The zero-order chi connectivity index (χ0) is 15.7. The van der Waals surface area contributed by atoms with Crippen LogP contribution in [0, 0.1) is 10.1 Å². The summed E-state index contributed by atoms with van der Waals surface area (Å²) in [5.41, 5.74) is 3.20. The third kappa shape index (κ3) is 2.52. The molecule has 0 bridgehead atoms. The summed E-state index contributed by atoms with van der Waals surface area (Å²) in [6.07, 6.45) is 6.26. The van der Waals surface area contributed by atoms with Gasteiger partial charge in [0, 0.05) is 24.7 Å². The lowest BCUT2D eigenvalue weighted by atomic mass is 9.91. The third-order valence-electron chi connectivity index (χ3n) is 4.15. The molecule has 1 heterocycles. The molecule has 0 atom stereocenters. The molecule has 0 saturated heterocycles. The van der Waals surface area contributed by atoms with Gasteiger partial charge < -0.3 is 4.90 Å². The molecule has 3 rings (SSSR count). The molecular formula is C16H17N3O3. The molecule has 0 fully saturated rings. The first-order valence-electron chi connectivity index (χ1n) is 7.37. The molecule has 1 amide bonds. The first-order chi connectivity index (χ1) is 10.6. The second-order valence-electron chi connectivity index (χ2n) is 5.55. The molecule has 1 aliphatic heterocycles. The number of rotatable bonds is 2. The monoisotopic (exact) mass is 299 g/mol. The van der Waals surface area contributed by atoms with E-state index >= 15 is 0 Å². The number of aliphatic imine (C=N–C) groups is 1. The first-order valence-corrected chi connectivity index (χ1v) is 7.37. The molecule has 0 N–H and O–H groups in total. The Hall–Kier alpha value is -2.50. The number of anilines is 1. The van der Waals surface area contributed by atoms with Crippen LogP contribution in [-0.2, 0) is 4.79 Å². The summed E-state index contributed by atoms with van der Waals surface area (Å²) in [7, 11) is 1.68. The minimum atomic E-state index is -0.417. The van der Waals surface area contributed by atoms with Crippen LogP contribution in [0.3, 0.4) is 0 Å². The van der Waals surface area contributed by atoms with Gasteiger partial charge in [-0.05, 0) is 37.3 Å². The van der Waals surface area contributed by atoms with Crippen molar-refractivity contribution in [1.29, 1.82) is 0 Å². The number of non-ortho nitro benzene ring substituents is 1. The zero-order valence-corrected chi connectivity index (χ0v) is 12.4. The van der Waals surface area contributed by atoms with E-state index in [9.17, 15) is 14.9 Å². The van der Waals surface area contributed by atoms with Crippen LogP contribution < -0.4 is 4.90 Å². The fourth-order valence-corrected chi connectivity index (χ4v) is 2.92. The second kappa shape index (κ2) is 5.71. The van der Waals surface area contributed by atoms with Crippen molar-refractivity contribution in [2.75, 3.05) is 18.5 Å². The predicted octanol–water partition coefficient (Wildman–Crippen LogP) is 2.86. The lowest BCUT2D eigenvalue weighted by molar-refractivity contribution is -0.384. The molecule has 1 aliphatic carbocycles. The smallest absolute Gasteiger partial charge is 0.270 e. The maximum Gasteiger partial charge on any atom is 0.270 e. The SMILES string of the molecule is CN1C(=O)CN=C(C2=CCCCC2)c2cc([N+](=O)[O-])ccc21. The van der Waals surface area contributed by atoms with E-state index in [1.165, 1.54) is 17.0 Å². The number of carbonyl (C=O) groups excluding carboxylic acids is 1. The Balaban J connectivity index is 2.17. The average Bonchev–Trinajstić information content (AvgIpc) is 2.66. The Kier molecular flexibility index (Phi) is 3.75. The van der Waals surface area contributed by atoms with Gasteiger partial charge in [-0.25, -0.2) is 0 Å². The standard InChI is InChI=1S/C16H17N3O3/c1-18-14-8-7-12(19(21)22)9-13(14)16(17-10-15(18)20)11-5-3-2-4-6-11/h5,7-9H,2-4,6,10H2,1H3. The van der Waals surface area contributed by atoms with E-state index in [4.69, 9.17) is 0 Å². The van der Waals surface area contributed by atoms with Gasteiger partial charge in [0.05, 0.1) is 16.3 Å². The van der Waals surface area contributed by atoms with Gasteiger partial charge in [0.2, 0.25) is 5.91 Å². The van der Waals surface area contributed by atoms with Crippen molar-refractivity contribution >= 4 is 23.0 Å². The molecule has 1 aromatic rings. The molecule has 1 aromatic carbocycles. The van der Waals surface area contributed by atoms with Crippen LogP contribution in [0.2, 0.25) is 0 Å². The Morgan fingerprint density at radius 2 is 2.14 bits per heavy atom. The van der Waals surface area contributed by atoms with Gasteiger partial charge in [-0.1, -0.05) is 6.08 Å². The number of likely N-dealkylation sites (N-methyl/N-ethyl adjacent to an activating group) is 1. The second-order valence-corrected chi connectivity index (χ2v) is 5.55. The van der Waals surface area contributed by atoms with Gasteiger partial charge in [-0.3, -0.25) is 19.9 Å². The van der Waals surface area contributed by atoms with Crippen molar-refractivity contribution in [3.05, 3.63) is 45.5 Å². The predicted molar refractivity (Wildman–Crippen MR) is 84.5 cm³/mol. The van der Waals surface area contributed by atoms with E-state index in [1.54, 1.807) is 13.1 Å². The van der Waals surface area contributed by atoms with Gasteiger partial charge in [0.25, 0.3) is 5.69 Å². The highest BCUT2D eigenvalue weighted by atomic mass is 16.6. The van der Waals surface area contributed by atoms with E-state index in [0.29, 0.717) is 11.3 Å². The number of allylic oxidation sites excluding steroid dienone is 2. The van der Waals surface area contributed by atoms with Crippen molar-refractivity contribution in [3.63, 3.8) is 0 Å². The zero-order valence-electron chi connectivity index (χ0n) is 12.4. The molecule has 2 aliphatic rings. The lowest BCUT2D eigenvalue weighted by Gasteiger charge is -2.19. The molecule has 0 saturated carbocycles. The molecule has 114 valence electrons. The lowest BCUT2D eigenvalue weighted by Crippen LogP contribution is -2.27. The van der Waals surface area contributed by atoms with Crippen molar-refractivity contribution < 1.29 is 9.72 Å². The minimum Gasteiger partial charge on any atom is -0.313 e. The van der Waals surface area contributed by atoms with Crippen LogP contribution in [0.4, 0.5) is 11.4 Å². The normalized spacial score (nSPS) is 18.2. The van der Waals surface area contributed by atoms with Crippen LogP contribution in [0.25, 0.3) is 0 Å². The van der Waals surface area contributed by atoms with Crippen molar-refractivity contribution in [3.8, 4) is 0 Å². The highest BCUT2D eigenvalue weighted by Crippen LogP contribution is 2.32. The quantitative estimate of drug-likeness (QED) is 0.622. The average molecular weight is 299 g/mol. The maximum absolute atomic E-state index is 12.1. The Morgan fingerprint density at radius 3 is 2.82 bits per heavy atom. The third-order valence-corrected chi connectivity index (χ3v) is 4.15. The van der Waals surface area contributed by atoms with E-state index < -0.39 is 4.92 Å². The molecule has 0 unspecified atom stereocenters. The van der Waals surface area contributed by atoms with E-state index in [0.717, 1.165) is 37.0 Å². The number of hydrogen-bond acceptors (Lipinski definition) is 4. The molecular weight excluding hydrogens is 282 g/mol. The van der Waals surface area contributed by atoms with Gasteiger partial charge >= 0.3 is 0 Å². The molecule has 6 heteroatoms. The van der Waals surface area contributed by atoms with Crippen molar-refractivity contribution in [2.24, 2.45) is 4.99 Å². The van der Waals surface area contributed by atoms with Gasteiger partial charge in [0.1, 0.15) is 6.54 Å². The van der Waals surface area contributed by atoms with Crippen molar-refractivity contribution in [1.82, 2.24) is 0 Å². The topological polar surface area (TPSA) is 75.8 Å².